The number of nitrogens with one attached hydrogen (secondary N) is 1. The topological polar surface area (TPSA) is 72.8 Å². The van der Waals surface area contributed by atoms with Gasteiger partial charge in [0.25, 0.3) is 5.56 Å². The van der Waals surface area contributed by atoms with Crippen molar-refractivity contribution in [2.75, 3.05) is 7.11 Å². The number of fused-ring (bicyclic) bond motifs is 2. The molecule has 3 heterocycles. The van der Waals surface area contributed by atoms with E-state index < -0.39 is 0 Å². The zero-order chi connectivity index (χ0) is 21.4. The lowest BCUT2D eigenvalue weighted by molar-refractivity contribution is 0.414. The van der Waals surface area contributed by atoms with Crippen LogP contribution in [0.4, 0.5) is 0 Å². The van der Waals surface area contributed by atoms with Crippen LogP contribution in [0, 0.1) is 6.92 Å². The number of hydrogen-bond acceptors (Lipinski definition) is 4. The molecule has 6 heteroatoms. The second-order valence-corrected chi connectivity index (χ2v) is 7.70. The smallest absolute Gasteiger partial charge is 0.256 e. The van der Waals surface area contributed by atoms with Crippen LogP contribution in [-0.4, -0.2) is 26.9 Å². The minimum Gasteiger partial charge on any atom is -0.497 e. The number of nitrogens with zero attached hydrogens (tertiary/aromatic N) is 3. The Hall–Kier alpha value is -3.93. The van der Waals surface area contributed by atoms with Gasteiger partial charge in [-0.2, -0.15) is 5.10 Å². The summed E-state index contributed by atoms with van der Waals surface area (Å²) < 4.78 is 7.25. The third kappa shape index (κ3) is 3.68. The summed E-state index contributed by atoms with van der Waals surface area (Å²) in [7, 11) is 1.66. The van der Waals surface area contributed by atoms with Crippen LogP contribution in [0.2, 0.25) is 0 Å². The van der Waals surface area contributed by atoms with E-state index in [1.165, 1.54) is 0 Å². The number of pyridine rings is 2. The molecule has 0 radical (unpaired) electrons. The third-order valence-electron chi connectivity index (χ3n) is 5.49. The van der Waals surface area contributed by atoms with Crippen LogP contribution in [0.15, 0.2) is 71.7 Å². The molecule has 0 atom stereocenters. The molecule has 0 aliphatic heterocycles. The van der Waals surface area contributed by atoms with Crippen molar-refractivity contribution < 1.29 is 4.74 Å². The van der Waals surface area contributed by atoms with E-state index in [1.807, 2.05) is 66.2 Å². The maximum absolute atomic E-state index is 12.2. The Morgan fingerprint density at radius 2 is 1.84 bits per heavy atom. The number of aromatic amines is 1. The van der Waals surface area contributed by atoms with E-state index in [-0.39, 0.29) is 5.56 Å². The van der Waals surface area contributed by atoms with Gasteiger partial charge in [-0.1, -0.05) is 24.3 Å². The predicted octanol–water partition coefficient (Wildman–Crippen LogP) is 4.23. The zero-order valence-electron chi connectivity index (χ0n) is 17.4. The summed E-state index contributed by atoms with van der Waals surface area (Å²) in [5.74, 6) is 0.835. The molecule has 0 aliphatic rings. The number of aromatic nitrogens is 4. The van der Waals surface area contributed by atoms with Crippen LogP contribution < -0.4 is 10.3 Å². The number of benzene rings is 2. The minimum absolute atomic E-state index is 0.0579. The number of ether oxygens (including phenoxy) is 1. The lowest BCUT2D eigenvalue weighted by Crippen LogP contribution is -2.07. The second-order valence-electron chi connectivity index (χ2n) is 7.70. The SMILES string of the molecule is COc1ccc(Cn2nc(Cc3ccc4c(=O)[nH]c(C)cc4c3)c3ncccc32)cc1. The molecule has 0 saturated heterocycles. The molecule has 154 valence electrons. The Balaban J connectivity index is 1.51. The highest BCUT2D eigenvalue weighted by Crippen LogP contribution is 2.22. The first kappa shape index (κ1) is 19.1. The molecule has 2 aromatic carbocycles. The third-order valence-corrected chi connectivity index (χ3v) is 5.49. The lowest BCUT2D eigenvalue weighted by atomic mass is 10.0. The maximum atomic E-state index is 12.2. The van der Waals surface area contributed by atoms with Crippen molar-refractivity contribution in [2.24, 2.45) is 0 Å². The molecule has 6 nitrogen and oxygen atoms in total. The molecular weight excluding hydrogens is 388 g/mol. The fraction of sp³-hybridized carbons (Fsp3) is 0.160. The number of aryl methyl sites for hydroxylation is 1. The first-order valence-electron chi connectivity index (χ1n) is 10.2. The molecule has 0 saturated carbocycles. The molecule has 0 fully saturated rings. The molecule has 31 heavy (non-hydrogen) atoms. The Kier molecular flexibility index (Phi) is 4.75. The molecular formula is C25H22N4O2. The van der Waals surface area contributed by atoms with Crippen LogP contribution in [0.5, 0.6) is 5.75 Å². The van der Waals surface area contributed by atoms with Gasteiger partial charge in [-0.15, -0.1) is 0 Å². The van der Waals surface area contributed by atoms with E-state index in [4.69, 9.17) is 9.84 Å². The first-order chi connectivity index (χ1) is 15.1. The van der Waals surface area contributed by atoms with Crippen LogP contribution in [0.3, 0.4) is 0 Å². The highest BCUT2D eigenvalue weighted by molar-refractivity contribution is 5.83. The van der Waals surface area contributed by atoms with Gasteiger partial charge in [-0.05, 0) is 59.8 Å². The van der Waals surface area contributed by atoms with Crippen molar-refractivity contribution in [2.45, 2.75) is 19.9 Å². The monoisotopic (exact) mass is 410 g/mol. The first-order valence-corrected chi connectivity index (χ1v) is 10.2. The predicted molar refractivity (Wildman–Crippen MR) is 122 cm³/mol. The van der Waals surface area contributed by atoms with Gasteiger partial charge in [0.1, 0.15) is 11.3 Å². The fourth-order valence-corrected chi connectivity index (χ4v) is 3.98. The summed E-state index contributed by atoms with van der Waals surface area (Å²) in [5, 5.41) is 6.53. The quantitative estimate of drug-likeness (QED) is 0.471. The van der Waals surface area contributed by atoms with Crippen molar-refractivity contribution in [1.29, 1.82) is 0 Å². The number of rotatable bonds is 5. The molecule has 0 unspecified atom stereocenters. The molecule has 0 bridgehead atoms. The van der Waals surface area contributed by atoms with Crippen LogP contribution in [0.25, 0.3) is 21.8 Å². The van der Waals surface area contributed by atoms with Crippen molar-refractivity contribution in [3.63, 3.8) is 0 Å². The molecule has 5 aromatic rings. The largest absolute Gasteiger partial charge is 0.497 e. The average Bonchev–Trinajstić information content (AvgIpc) is 3.11. The molecule has 0 aliphatic carbocycles. The lowest BCUT2D eigenvalue weighted by Gasteiger charge is -2.05. The summed E-state index contributed by atoms with van der Waals surface area (Å²) in [6.07, 6.45) is 2.44. The van der Waals surface area contributed by atoms with Crippen LogP contribution in [0.1, 0.15) is 22.5 Å². The Morgan fingerprint density at radius 1 is 1.03 bits per heavy atom. The molecule has 0 spiro atoms. The number of methoxy groups -OCH3 is 1. The van der Waals surface area contributed by atoms with E-state index >= 15 is 0 Å². The molecule has 1 N–H and O–H groups in total. The normalized spacial score (nSPS) is 11.3. The van der Waals surface area contributed by atoms with Gasteiger partial charge in [-0.25, -0.2) is 0 Å². The molecule has 0 amide bonds. The number of hydrogen-bond donors (Lipinski definition) is 1. The summed E-state index contributed by atoms with van der Waals surface area (Å²) >= 11 is 0. The Bertz CT molecular complexity index is 1450. The van der Waals surface area contributed by atoms with Crippen molar-refractivity contribution in [3.05, 3.63) is 99.7 Å². The summed E-state index contributed by atoms with van der Waals surface area (Å²) in [4.78, 5) is 19.6. The second kappa shape index (κ2) is 7.72. The van der Waals surface area contributed by atoms with Crippen molar-refractivity contribution >= 4 is 21.8 Å². The van der Waals surface area contributed by atoms with Crippen LogP contribution in [-0.2, 0) is 13.0 Å². The Morgan fingerprint density at radius 3 is 2.65 bits per heavy atom. The van der Waals surface area contributed by atoms with Crippen LogP contribution >= 0.6 is 0 Å². The van der Waals surface area contributed by atoms with Gasteiger partial charge in [0.2, 0.25) is 0 Å². The summed E-state index contributed by atoms with van der Waals surface area (Å²) in [6.45, 7) is 2.55. The van der Waals surface area contributed by atoms with Crippen molar-refractivity contribution in [1.82, 2.24) is 19.7 Å². The van der Waals surface area contributed by atoms with Gasteiger partial charge < -0.3 is 9.72 Å². The highest BCUT2D eigenvalue weighted by Gasteiger charge is 2.13. The fourth-order valence-electron chi connectivity index (χ4n) is 3.98. The standard InChI is InChI=1S/C25H22N4O2/c1-16-12-19-13-18(7-10-21(19)25(30)27-16)14-22-24-23(4-3-11-26-24)29(28-22)15-17-5-8-20(31-2)9-6-17/h3-13H,14-15H2,1-2H3,(H,27,30). The van der Waals surface area contributed by atoms with E-state index in [9.17, 15) is 4.79 Å². The van der Waals surface area contributed by atoms with E-state index in [1.54, 1.807) is 13.3 Å². The number of H-pyrrole nitrogens is 1. The van der Waals surface area contributed by atoms with Gasteiger partial charge in [-0.3, -0.25) is 14.5 Å². The van der Waals surface area contributed by atoms with Gasteiger partial charge >= 0.3 is 0 Å². The zero-order valence-corrected chi connectivity index (χ0v) is 17.4. The average molecular weight is 410 g/mol. The van der Waals surface area contributed by atoms with E-state index in [0.29, 0.717) is 18.4 Å². The molecule has 3 aromatic heterocycles. The van der Waals surface area contributed by atoms with Gasteiger partial charge in [0, 0.05) is 23.7 Å². The highest BCUT2D eigenvalue weighted by atomic mass is 16.5. The Labute approximate surface area is 179 Å². The minimum atomic E-state index is -0.0579. The van der Waals surface area contributed by atoms with E-state index in [2.05, 4.69) is 16.0 Å². The maximum Gasteiger partial charge on any atom is 0.256 e. The summed E-state index contributed by atoms with van der Waals surface area (Å²) in [6, 6.07) is 19.9. The van der Waals surface area contributed by atoms with Crippen molar-refractivity contribution in [3.8, 4) is 5.75 Å². The summed E-state index contributed by atoms with van der Waals surface area (Å²) in [5.41, 5.74) is 5.85. The van der Waals surface area contributed by atoms with E-state index in [0.717, 1.165) is 44.7 Å². The van der Waals surface area contributed by atoms with Gasteiger partial charge in [0.05, 0.1) is 24.9 Å². The van der Waals surface area contributed by atoms with Gasteiger partial charge in [0.15, 0.2) is 0 Å². The molecule has 5 rings (SSSR count).